The number of carbonyl (C=O) groups is 16. The van der Waals surface area contributed by atoms with Crippen molar-refractivity contribution in [3.63, 3.8) is 0 Å². The molecule has 0 aliphatic carbocycles. The Balaban J connectivity index is 1.21. The summed E-state index contributed by atoms with van der Waals surface area (Å²) in [7, 11) is -1.09. The van der Waals surface area contributed by atoms with Crippen molar-refractivity contribution in [3.8, 4) is 5.75 Å². The topological polar surface area (TPSA) is 576 Å². The quantitative estimate of drug-likeness (QED) is 0.0291. The van der Waals surface area contributed by atoms with E-state index < -0.39 is 260 Å². The van der Waals surface area contributed by atoms with Crippen molar-refractivity contribution < 1.29 is 115 Å². The Morgan fingerprint density at radius 1 is 0.746 bits per heavy atom. The molecule has 3 aliphatic rings. The van der Waals surface area contributed by atoms with Crippen LogP contribution in [0.5, 0.6) is 5.75 Å². The maximum atomic E-state index is 15.3. The molecule has 0 radical (unpaired) electrons. The lowest BCUT2D eigenvalue weighted by Gasteiger charge is -2.32. The average Bonchev–Trinajstić information content (AvgIpc) is 1.62. The molecule has 2 aromatic carbocycles. The Morgan fingerprint density at radius 3 is 2.05 bits per heavy atom. The fraction of sp³-hybridized carbons (Fsp3) is 0.600. The van der Waals surface area contributed by atoms with E-state index in [9.17, 15) is 87.2 Å². The van der Waals surface area contributed by atoms with Crippen LogP contribution in [0.2, 0.25) is 0 Å². The number of ether oxygens (including phenoxy) is 4. The molecule has 1 fully saturated rings. The summed E-state index contributed by atoms with van der Waals surface area (Å²) in [4.78, 5) is 226. The van der Waals surface area contributed by atoms with Crippen molar-refractivity contribution in [2.45, 2.75) is 173 Å². The lowest BCUT2D eigenvalue weighted by atomic mass is 9.85. The van der Waals surface area contributed by atoms with Gasteiger partial charge in [-0.2, -0.15) is 0 Å². The zero-order valence-electron chi connectivity index (χ0n) is 65.3. The summed E-state index contributed by atoms with van der Waals surface area (Å²) in [6.07, 6.45) is -9.02. The third-order valence-corrected chi connectivity index (χ3v) is 21.4. The Bertz CT molecular complexity index is 4010. The minimum Gasteiger partial charge on any atom is -0.445 e. The van der Waals surface area contributed by atoms with Gasteiger partial charge >= 0.3 is 12.2 Å². The van der Waals surface area contributed by atoms with E-state index in [2.05, 4.69) is 42.2 Å². The number of nitrogens with one attached hydrogen (secondary N) is 8. The number of hydrogen-bond donors (Lipinski definition) is 14. The van der Waals surface area contributed by atoms with Crippen LogP contribution >= 0.6 is 0 Å². The number of rotatable bonds is 33. The van der Waals surface area contributed by atoms with Gasteiger partial charge < -0.3 is 108 Å². The first-order valence-electron chi connectivity index (χ1n) is 37.8. The first kappa shape index (κ1) is 92.7. The summed E-state index contributed by atoms with van der Waals surface area (Å²) < 4.78 is 37.4. The van der Waals surface area contributed by atoms with E-state index in [0.717, 1.165) is 4.90 Å². The number of ketones is 4. The van der Waals surface area contributed by atoms with Gasteiger partial charge in [-0.05, 0) is 68.5 Å². The van der Waals surface area contributed by atoms with Gasteiger partial charge in [0, 0.05) is 126 Å². The average molecular weight is 1620 g/mol. The molecule has 0 saturated carbocycles. The number of nitrogens with two attached hydrogens (primary N) is 3. The molecule has 4 heterocycles. The summed E-state index contributed by atoms with van der Waals surface area (Å²) in [5, 5.41) is 49.8. The molecule has 39 heteroatoms. The van der Waals surface area contributed by atoms with E-state index >= 15 is 9.00 Å². The number of H-pyrrole nitrogens is 1. The second-order valence-electron chi connectivity index (χ2n) is 29.2. The van der Waals surface area contributed by atoms with Crippen molar-refractivity contribution >= 4 is 122 Å². The standard InChI is InChI=1S/C75H108N14O24S/c1-9-40(4)65-71(105)80-33-63(99)83-55-38-114(109)72-53(25-45(68(102)79-34-64(100)85-65)27-59(95)66(42(6)60(96)36-90)86-70(104)56-31-50(92)35-89(56)73(106)47(28-58(55)94)30-62(78)98)52-15-14-51(32-54(52)84-72)113-75(108)88(39(2)3)19-18-87(8)74(107)112-37-44-10-12-48(13-11-44)82-69(103)46(29-61(77)97)26-57(93)43(7)81-67(101)41(5)24-49(91)16-20-110-22-23-111-21-17-76/h10-15,32,39-43,45-47,50,55-56,60,65-66,84,90,92,96H,9,16-31,33-38,76H2,1-8H3,(H2,77,97)(H2,78,98)(H,79,102)(H,80,105)(H,81,101)(H,82,103)(H,83,99)(H,85,100)(H,86,104)/t40-,41+,42-,43-,45-,46-,47-,50+,55-,56-,60-,65-,66-,114?/m0/s1. The number of aromatic nitrogens is 1. The van der Waals surface area contributed by atoms with Gasteiger partial charge in [-0.1, -0.05) is 46.2 Å². The molecule has 628 valence electrons. The number of fused-ring (bicyclic) bond motifs is 5. The highest BCUT2D eigenvalue weighted by Gasteiger charge is 2.46. The van der Waals surface area contributed by atoms with Gasteiger partial charge in [0.25, 0.3) is 0 Å². The second-order valence-corrected chi connectivity index (χ2v) is 30.7. The fourth-order valence-electron chi connectivity index (χ4n) is 13.0. The van der Waals surface area contributed by atoms with Crippen LogP contribution in [0, 0.1) is 35.5 Å². The highest BCUT2D eigenvalue weighted by atomic mass is 32.2. The molecule has 14 atom stereocenters. The second kappa shape index (κ2) is 44.5. The molecular formula is C75H108N14O24S. The van der Waals surface area contributed by atoms with Gasteiger partial charge in [0.2, 0.25) is 59.1 Å². The number of anilines is 1. The van der Waals surface area contributed by atoms with E-state index in [1.807, 2.05) is 0 Å². The van der Waals surface area contributed by atoms with Crippen molar-refractivity contribution in [1.29, 1.82) is 0 Å². The van der Waals surface area contributed by atoms with Gasteiger partial charge in [-0.15, -0.1) is 0 Å². The molecule has 2 bridgehead atoms. The van der Waals surface area contributed by atoms with Crippen LogP contribution in [0.25, 0.3) is 10.9 Å². The van der Waals surface area contributed by atoms with Gasteiger partial charge in [-0.3, -0.25) is 71.3 Å². The molecule has 17 N–H and O–H groups in total. The maximum Gasteiger partial charge on any atom is 0.415 e. The van der Waals surface area contributed by atoms with E-state index in [0.29, 0.717) is 31.7 Å². The van der Waals surface area contributed by atoms with Gasteiger partial charge in [0.15, 0.2) is 17.3 Å². The third kappa shape index (κ3) is 27.5. The maximum absolute atomic E-state index is 15.3. The van der Waals surface area contributed by atoms with E-state index in [4.69, 9.17) is 36.1 Å². The lowest BCUT2D eigenvalue weighted by Crippen LogP contribution is -2.56. The number of aromatic amines is 1. The van der Waals surface area contributed by atoms with Crippen molar-refractivity contribution in [2.75, 3.05) is 90.4 Å². The smallest absolute Gasteiger partial charge is 0.415 e. The number of aliphatic hydroxyl groups excluding tert-OH is 3. The highest BCUT2D eigenvalue weighted by Crippen LogP contribution is 2.34. The monoisotopic (exact) mass is 1620 g/mol. The Hall–Kier alpha value is -10.2. The van der Waals surface area contributed by atoms with Crippen LogP contribution in [0.4, 0.5) is 15.3 Å². The number of benzene rings is 2. The molecule has 1 aromatic heterocycles. The number of hydrogen-bond acceptors (Lipinski definition) is 25. The molecule has 12 amide bonds. The van der Waals surface area contributed by atoms with Crippen LogP contribution < -0.4 is 59.2 Å². The molecule has 114 heavy (non-hydrogen) atoms. The molecule has 1 unspecified atom stereocenters. The van der Waals surface area contributed by atoms with Crippen LogP contribution in [0.1, 0.15) is 117 Å². The van der Waals surface area contributed by atoms with Crippen LogP contribution in [0.15, 0.2) is 47.5 Å². The van der Waals surface area contributed by atoms with Crippen LogP contribution in [0.3, 0.4) is 0 Å². The van der Waals surface area contributed by atoms with Crippen molar-refractivity contribution in [3.05, 3.63) is 53.6 Å². The SMILES string of the molecule is CC[C@H](C)[C@@H]1NC(=O)CNC(=O)[C@@H]2CC(=O)[C@H]([C@@H](C)[C@@H](O)CO)NC(=O)[C@@H]3C[C@@H](O)CN3C(=O)[C@H](CC(N)=O)CC(=O)[C@H](CS(=O)c3[nH]c4cc(OC(=O)N(CCN(C)C(=O)OCc5ccc(NC(=O)[C@H](CC(N)=O)CC(=O)[C@H](C)NC(=O)[C@H](C)CC(=O)CCOCCOCCN)cc5)C(C)C)ccc4c3C2)NC(=O)CNC1=O. The highest BCUT2D eigenvalue weighted by molar-refractivity contribution is 7.85. The summed E-state index contributed by atoms with van der Waals surface area (Å²) in [5.74, 6) is -20.0. The number of amides is 12. The molecule has 3 aromatic rings. The van der Waals surface area contributed by atoms with E-state index in [1.165, 1.54) is 80.1 Å². The predicted molar refractivity (Wildman–Crippen MR) is 407 cm³/mol. The Morgan fingerprint density at radius 2 is 1.41 bits per heavy atom. The molecule has 3 aliphatic heterocycles. The molecule has 38 nitrogen and oxygen atoms in total. The third-order valence-electron chi connectivity index (χ3n) is 20.0. The Labute approximate surface area is 661 Å². The normalized spacial score (nSPS) is 21.9. The van der Waals surface area contributed by atoms with Gasteiger partial charge in [0.05, 0.1) is 110 Å². The summed E-state index contributed by atoms with van der Waals surface area (Å²) in [5.41, 5.74) is 17.3. The summed E-state index contributed by atoms with van der Waals surface area (Å²) >= 11 is 0. The number of aliphatic hydroxyl groups is 3. The molecule has 6 rings (SSSR count). The minimum atomic E-state index is -2.51. The van der Waals surface area contributed by atoms with Gasteiger partial charge in [-0.25, -0.2) is 9.59 Å². The fourth-order valence-corrected chi connectivity index (χ4v) is 14.5. The number of likely N-dealkylation sites (N-methyl/N-ethyl adjacent to an activating group) is 1. The summed E-state index contributed by atoms with van der Waals surface area (Å²) in [6.45, 7) is 8.87. The number of Topliss-reactive ketones (excluding diaryl/α,β-unsaturated/α-hetero) is 4. The zero-order chi connectivity index (χ0) is 84.4. The van der Waals surface area contributed by atoms with Crippen LogP contribution in [-0.2, 0) is 105 Å². The van der Waals surface area contributed by atoms with Crippen molar-refractivity contribution in [2.24, 2.45) is 52.7 Å². The first-order chi connectivity index (χ1) is 53.9. The van der Waals surface area contributed by atoms with E-state index in [1.54, 1.807) is 27.7 Å². The first-order valence-corrected chi connectivity index (χ1v) is 39.1. The van der Waals surface area contributed by atoms with Crippen LogP contribution in [-0.4, -0.2) is 267 Å². The Kier molecular flexibility index (Phi) is 36.1. The lowest BCUT2D eigenvalue weighted by molar-refractivity contribution is -0.145. The molecule has 0 spiro atoms. The zero-order valence-corrected chi connectivity index (χ0v) is 66.1. The largest absolute Gasteiger partial charge is 0.445 e. The number of carbonyl (C=O) groups excluding carboxylic acids is 16. The summed E-state index contributed by atoms with van der Waals surface area (Å²) in [6, 6.07) is 2.03. The molecule has 1 saturated heterocycles. The minimum absolute atomic E-state index is 0.0397. The number of primary amides is 2. The van der Waals surface area contributed by atoms with Gasteiger partial charge in [0.1, 0.15) is 35.2 Å². The number of nitrogens with zero attached hydrogens (tertiary/aromatic N) is 3. The molecular weight excluding hydrogens is 1510 g/mol. The van der Waals surface area contributed by atoms with Crippen molar-refractivity contribution in [1.82, 2.24) is 51.6 Å². The van der Waals surface area contributed by atoms with E-state index in [-0.39, 0.29) is 84.5 Å². The predicted octanol–water partition coefficient (Wildman–Crippen LogP) is -2.10.